The lowest BCUT2D eigenvalue weighted by Gasteiger charge is -2.37. The molecule has 22 heavy (non-hydrogen) atoms. The summed E-state index contributed by atoms with van der Waals surface area (Å²) < 4.78 is 0. The molecule has 1 atom stereocenters. The van der Waals surface area contributed by atoms with Crippen molar-refractivity contribution in [3.8, 4) is 0 Å². The van der Waals surface area contributed by atoms with E-state index in [9.17, 15) is 0 Å². The molecular weight excluding hydrogens is 314 g/mol. The molecule has 3 aromatic rings. The molecule has 1 aromatic heterocycles. The number of aromatic nitrogens is 2. The van der Waals surface area contributed by atoms with Crippen LogP contribution in [0.4, 0.5) is 5.69 Å². The lowest BCUT2D eigenvalue weighted by molar-refractivity contribution is 0.703. The van der Waals surface area contributed by atoms with Crippen molar-refractivity contribution in [2.75, 3.05) is 17.2 Å². The van der Waals surface area contributed by atoms with Gasteiger partial charge in [-0.05, 0) is 35.9 Å². The molecule has 0 amide bonds. The second-order valence-electron chi connectivity index (χ2n) is 5.36. The van der Waals surface area contributed by atoms with Gasteiger partial charge in [0.05, 0.1) is 17.8 Å². The van der Waals surface area contributed by atoms with Gasteiger partial charge in [0, 0.05) is 34.1 Å². The van der Waals surface area contributed by atoms with E-state index in [0.717, 1.165) is 28.2 Å². The first-order valence-electron chi connectivity index (χ1n) is 7.20. The predicted molar refractivity (Wildman–Crippen MR) is 94.4 cm³/mol. The van der Waals surface area contributed by atoms with Crippen molar-refractivity contribution in [3.05, 3.63) is 65.0 Å². The van der Waals surface area contributed by atoms with Crippen LogP contribution in [0.15, 0.2) is 48.7 Å². The average molecular weight is 329 g/mol. The van der Waals surface area contributed by atoms with Crippen molar-refractivity contribution < 1.29 is 0 Å². The van der Waals surface area contributed by atoms with E-state index in [2.05, 4.69) is 51.2 Å². The van der Waals surface area contributed by atoms with Crippen LogP contribution in [0.5, 0.6) is 0 Å². The van der Waals surface area contributed by atoms with Crippen molar-refractivity contribution in [2.24, 2.45) is 0 Å². The number of H-pyrrole nitrogens is 1. The molecule has 0 saturated carbocycles. The highest BCUT2D eigenvalue weighted by atomic mass is 35.5. The fourth-order valence-corrected chi connectivity index (χ4v) is 3.94. The van der Waals surface area contributed by atoms with Gasteiger partial charge in [-0.1, -0.05) is 23.7 Å². The Hall–Kier alpha value is -1.65. The van der Waals surface area contributed by atoms with Gasteiger partial charge in [0.1, 0.15) is 0 Å². The van der Waals surface area contributed by atoms with Gasteiger partial charge < -0.3 is 4.90 Å². The fraction of sp³-hybridized carbons (Fsp3) is 0.176. The van der Waals surface area contributed by atoms with Gasteiger partial charge in [-0.3, -0.25) is 5.10 Å². The van der Waals surface area contributed by atoms with E-state index >= 15 is 0 Å². The number of halogens is 1. The van der Waals surface area contributed by atoms with E-state index in [1.807, 2.05) is 30.1 Å². The summed E-state index contributed by atoms with van der Waals surface area (Å²) in [5.74, 6) is 3.31. The summed E-state index contributed by atoms with van der Waals surface area (Å²) in [5, 5.41) is 9.08. The van der Waals surface area contributed by atoms with E-state index in [1.165, 1.54) is 11.3 Å². The number of anilines is 1. The van der Waals surface area contributed by atoms with Crippen LogP contribution in [0.3, 0.4) is 0 Å². The van der Waals surface area contributed by atoms with Gasteiger partial charge in [-0.25, -0.2) is 0 Å². The lowest BCUT2D eigenvalue weighted by atomic mass is 10.1. The molecule has 1 fully saturated rings. The number of nitrogens with one attached hydrogen (secondary N) is 1. The highest BCUT2D eigenvalue weighted by Gasteiger charge is 2.25. The summed E-state index contributed by atoms with van der Waals surface area (Å²) >= 11 is 7.91. The van der Waals surface area contributed by atoms with E-state index in [-0.39, 0.29) is 0 Å². The minimum Gasteiger partial charge on any atom is -0.362 e. The number of benzene rings is 2. The molecule has 1 N–H and O–H groups in total. The Labute approximate surface area is 138 Å². The monoisotopic (exact) mass is 328 g/mol. The first-order chi connectivity index (χ1) is 10.8. The second kappa shape index (κ2) is 5.86. The van der Waals surface area contributed by atoms with Crippen LogP contribution in [-0.4, -0.2) is 22.5 Å². The molecule has 1 radical (unpaired) electrons. The first kappa shape index (κ1) is 14.0. The summed E-state index contributed by atoms with van der Waals surface area (Å²) in [6.45, 7) is 0.928. The highest BCUT2D eigenvalue weighted by Crippen LogP contribution is 2.36. The zero-order valence-corrected chi connectivity index (χ0v) is 13.4. The summed E-state index contributed by atoms with van der Waals surface area (Å²) in [6.07, 6.45) is 1.86. The summed E-state index contributed by atoms with van der Waals surface area (Å²) in [5.41, 5.74) is 3.59. The van der Waals surface area contributed by atoms with Crippen LogP contribution >= 0.6 is 23.4 Å². The van der Waals surface area contributed by atoms with Crippen LogP contribution in [-0.2, 0) is 0 Å². The van der Waals surface area contributed by atoms with Crippen molar-refractivity contribution in [1.29, 1.82) is 0 Å². The molecule has 1 unspecified atom stereocenters. The number of aromatic amines is 1. The van der Waals surface area contributed by atoms with Gasteiger partial charge in [-0.2, -0.15) is 16.9 Å². The molecular formula is C17H15ClN3S. The zero-order valence-electron chi connectivity index (χ0n) is 11.9. The molecule has 1 saturated heterocycles. The lowest BCUT2D eigenvalue weighted by Crippen LogP contribution is -2.34. The Bertz CT molecular complexity index is 784. The fourth-order valence-electron chi connectivity index (χ4n) is 2.86. The minimum absolute atomic E-state index is 0.354. The van der Waals surface area contributed by atoms with Gasteiger partial charge in [-0.15, -0.1) is 0 Å². The second-order valence-corrected chi connectivity index (χ2v) is 6.80. The van der Waals surface area contributed by atoms with Crippen molar-refractivity contribution >= 4 is 40.0 Å². The summed E-state index contributed by atoms with van der Waals surface area (Å²) in [4.78, 5) is 2.43. The standard InChI is InChI=1S/C17H15ClN3S/c18-14-4-1-12(2-5-14)17-11-22-8-7-21(17)15-6-3-13-10-19-20-16(13)9-15/h1-6,8-10,17H,7,11H2,(H,19,20). The smallest absolute Gasteiger partial charge is 0.0670 e. The molecule has 1 aliphatic heterocycles. The molecule has 2 aromatic carbocycles. The molecule has 111 valence electrons. The van der Waals surface area contributed by atoms with Gasteiger partial charge in [0.15, 0.2) is 0 Å². The number of thioether (sulfide) groups is 1. The van der Waals surface area contributed by atoms with E-state index in [1.54, 1.807) is 0 Å². The third-order valence-corrected chi connectivity index (χ3v) is 5.18. The Morgan fingerprint density at radius 2 is 2.05 bits per heavy atom. The maximum Gasteiger partial charge on any atom is 0.0670 e. The van der Waals surface area contributed by atoms with E-state index < -0.39 is 0 Å². The van der Waals surface area contributed by atoms with Gasteiger partial charge in [0.25, 0.3) is 0 Å². The Morgan fingerprint density at radius 3 is 2.91 bits per heavy atom. The quantitative estimate of drug-likeness (QED) is 0.741. The maximum absolute atomic E-state index is 6.02. The normalized spacial score (nSPS) is 18.8. The van der Waals surface area contributed by atoms with Crippen LogP contribution in [0, 0.1) is 5.75 Å². The SMILES string of the molecule is Clc1ccc(C2CS[CH]CN2c2ccc3cn[nH]c3c2)cc1. The van der Waals surface area contributed by atoms with E-state index in [4.69, 9.17) is 11.6 Å². The third-order valence-electron chi connectivity index (χ3n) is 4.03. The molecule has 3 nitrogen and oxygen atoms in total. The number of rotatable bonds is 2. The van der Waals surface area contributed by atoms with Crippen molar-refractivity contribution in [3.63, 3.8) is 0 Å². The average Bonchev–Trinajstić information content (AvgIpc) is 3.03. The Morgan fingerprint density at radius 1 is 1.18 bits per heavy atom. The van der Waals surface area contributed by atoms with Gasteiger partial charge >= 0.3 is 0 Å². The summed E-state index contributed by atoms with van der Waals surface area (Å²) in [6, 6.07) is 15.0. The number of fused-ring (bicyclic) bond motifs is 1. The molecule has 5 heteroatoms. The van der Waals surface area contributed by atoms with E-state index in [0.29, 0.717) is 6.04 Å². The molecule has 0 aliphatic carbocycles. The first-order valence-corrected chi connectivity index (χ1v) is 8.62. The number of hydrogen-bond acceptors (Lipinski definition) is 3. The van der Waals surface area contributed by atoms with Crippen molar-refractivity contribution in [2.45, 2.75) is 6.04 Å². The highest BCUT2D eigenvalue weighted by molar-refractivity contribution is 8.01. The van der Waals surface area contributed by atoms with Gasteiger partial charge in [0.2, 0.25) is 0 Å². The van der Waals surface area contributed by atoms with Crippen LogP contribution in [0.25, 0.3) is 10.9 Å². The summed E-state index contributed by atoms with van der Waals surface area (Å²) in [7, 11) is 0. The number of hydrogen-bond donors (Lipinski definition) is 1. The Kier molecular flexibility index (Phi) is 3.72. The largest absolute Gasteiger partial charge is 0.362 e. The molecule has 2 heterocycles. The molecule has 1 aliphatic rings. The maximum atomic E-state index is 6.02. The van der Waals surface area contributed by atoms with Crippen LogP contribution < -0.4 is 4.90 Å². The van der Waals surface area contributed by atoms with Crippen molar-refractivity contribution in [1.82, 2.24) is 10.2 Å². The minimum atomic E-state index is 0.354. The van der Waals surface area contributed by atoms with Crippen LogP contribution in [0.1, 0.15) is 11.6 Å². The van der Waals surface area contributed by atoms with Crippen LogP contribution in [0.2, 0.25) is 5.02 Å². The topological polar surface area (TPSA) is 31.9 Å². The molecule has 0 spiro atoms. The zero-order chi connectivity index (χ0) is 14.9. The molecule has 0 bridgehead atoms. The third kappa shape index (κ3) is 2.57. The molecule has 4 rings (SSSR count). The Balaban J connectivity index is 1.71. The predicted octanol–water partition coefficient (Wildman–Crippen LogP) is 4.67. The number of nitrogens with zero attached hydrogens (tertiary/aromatic N) is 2.